The molecule has 2 fully saturated rings. The second kappa shape index (κ2) is 5.48. The van der Waals surface area contributed by atoms with E-state index in [4.69, 9.17) is 5.73 Å². The molecule has 1 heteroatoms. The fourth-order valence-electron chi connectivity index (χ4n) is 6.38. The average Bonchev–Trinajstić information content (AvgIpc) is 3.17. The molecule has 0 radical (unpaired) electrons. The molecule has 27 heavy (non-hydrogen) atoms. The number of nitrogen functional groups attached to an aromatic ring is 1. The number of benzene rings is 3. The van der Waals surface area contributed by atoms with Crippen molar-refractivity contribution in [2.75, 3.05) is 5.73 Å². The highest BCUT2D eigenvalue weighted by Crippen LogP contribution is 2.61. The Hall–Kier alpha value is -2.54. The summed E-state index contributed by atoms with van der Waals surface area (Å²) in [7, 11) is 0. The van der Waals surface area contributed by atoms with Crippen LogP contribution >= 0.6 is 0 Å². The van der Waals surface area contributed by atoms with Crippen molar-refractivity contribution >= 4 is 5.69 Å². The van der Waals surface area contributed by atoms with Crippen LogP contribution in [0.3, 0.4) is 0 Å². The average molecular weight is 351 g/mol. The van der Waals surface area contributed by atoms with Gasteiger partial charge in [-0.15, -0.1) is 0 Å². The third-order valence-electron chi connectivity index (χ3n) is 7.42. The summed E-state index contributed by atoms with van der Waals surface area (Å²) in [5.74, 6) is 1.76. The third-order valence-corrected chi connectivity index (χ3v) is 7.42. The first kappa shape index (κ1) is 15.5. The Morgan fingerprint density at radius 1 is 0.704 bits per heavy atom. The monoisotopic (exact) mass is 351 g/mol. The molecule has 2 N–H and O–H groups in total. The fourth-order valence-corrected chi connectivity index (χ4v) is 6.38. The van der Waals surface area contributed by atoms with Crippen molar-refractivity contribution < 1.29 is 0 Å². The quantitative estimate of drug-likeness (QED) is 0.503. The Morgan fingerprint density at radius 2 is 1.37 bits per heavy atom. The molecule has 2 bridgehead atoms. The van der Waals surface area contributed by atoms with E-state index in [1.807, 2.05) is 0 Å². The highest BCUT2D eigenvalue weighted by molar-refractivity contribution is 5.85. The molecule has 1 nitrogen and oxygen atoms in total. The van der Waals surface area contributed by atoms with Crippen LogP contribution in [0.15, 0.2) is 66.7 Å². The fraction of sp³-hybridized carbons (Fsp3) is 0.308. The lowest BCUT2D eigenvalue weighted by Crippen LogP contribution is -2.33. The van der Waals surface area contributed by atoms with Gasteiger partial charge in [-0.05, 0) is 82.7 Å². The normalized spacial score (nSPS) is 27.6. The van der Waals surface area contributed by atoms with Crippen LogP contribution in [0, 0.1) is 11.8 Å². The summed E-state index contributed by atoms with van der Waals surface area (Å²) >= 11 is 0. The van der Waals surface area contributed by atoms with Crippen LogP contribution in [-0.2, 0) is 5.41 Å². The van der Waals surface area contributed by atoms with Crippen LogP contribution in [0.4, 0.5) is 5.69 Å². The van der Waals surface area contributed by atoms with Gasteiger partial charge in [0.25, 0.3) is 0 Å². The number of anilines is 1. The predicted octanol–water partition coefficient (Wildman–Crippen LogP) is 6.41. The van der Waals surface area contributed by atoms with Crippen LogP contribution < -0.4 is 5.73 Å². The van der Waals surface area contributed by atoms with E-state index >= 15 is 0 Å². The molecule has 0 amide bonds. The largest absolute Gasteiger partial charge is 0.399 e. The Kier molecular flexibility index (Phi) is 3.15. The summed E-state index contributed by atoms with van der Waals surface area (Å²) in [4.78, 5) is 0. The Morgan fingerprint density at radius 3 is 2.11 bits per heavy atom. The predicted molar refractivity (Wildman–Crippen MR) is 113 cm³/mol. The highest BCUT2D eigenvalue weighted by Gasteiger charge is 2.50. The minimum Gasteiger partial charge on any atom is -0.399 e. The number of fused-ring (bicyclic) bond motifs is 7. The van der Waals surface area contributed by atoms with Crippen LogP contribution in [0.5, 0.6) is 0 Å². The van der Waals surface area contributed by atoms with Gasteiger partial charge in [-0.1, -0.05) is 61.4 Å². The maximum absolute atomic E-state index is 6.26. The van der Waals surface area contributed by atoms with E-state index in [1.54, 1.807) is 5.56 Å². The number of nitrogens with two attached hydrogens (primary N) is 1. The van der Waals surface area contributed by atoms with Gasteiger partial charge in [0.05, 0.1) is 0 Å². The second-order valence-corrected chi connectivity index (χ2v) is 8.97. The SMILES string of the molecule is Nc1ccc2c(c1)C1(CC3CCC(C3)C1)c1cc(-c3ccccc3)ccc1-2. The van der Waals surface area contributed by atoms with Crippen molar-refractivity contribution in [3.8, 4) is 22.3 Å². The maximum Gasteiger partial charge on any atom is 0.0317 e. The first-order valence-corrected chi connectivity index (χ1v) is 10.3. The number of hydrogen-bond donors (Lipinski definition) is 1. The molecule has 3 aliphatic rings. The molecule has 3 aromatic carbocycles. The van der Waals surface area contributed by atoms with Crippen molar-refractivity contribution in [3.05, 3.63) is 77.9 Å². The lowest BCUT2D eigenvalue weighted by Gasteiger charge is -2.40. The van der Waals surface area contributed by atoms with E-state index < -0.39 is 0 Å². The van der Waals surface area contributed by atoms with Crippen LogP contribution in [-0.4, -0.2) is 0 Å². The first-order chi connectivity index (χ1) is 13.2. The Labute approximate surface area is 161 Å². The molecule has 0 aromatic heterocycles. The van der Waals surface area contributed by atoms with Crippen molar-refractivity contribution in [1.82, 2.24) is 0 Å². The molecule has 3 aromatic rings. The summed E-state index contributed by atoms with van der Waals surface area (Å²) in [5, 5.41) is 0. The van der Waals surface area contributed by atoms with Crippen LogP contribution in [0.2, 0.25) is 0 Å². The summed E-state index contributed by atoms with van der Waals surface area (Å²) in [6.07, 6.45) is 6.86. The van der Waals surface area contributed by atoms with Gasteiger partial charge >= 0.3 is 0 Å². The van der Waals surface area contributed by atoms with Gasteiger partial charge in [0.2, 0.25) is 0 Å². The van der Waals surface area contributed by atoms with Gasteiger partial charge in [0.1, 0.15) is 0 Å². The van der Waals surface area contributed by atoms with Crippen molar-refractivity contribution in [3.63, 3.8) is 0 Å². The smallest absolute Gasteiger partial charge is 0.0317 e. The lowest BCUT2D eigenvalue weighted by molar-refractivity contribution is 0.255. The Bertz CT molecular complexity index is 1020. The van der Waals surface area contributed by atoms with E-state index in [1.165, 1.54) is 59.9 Å². The summed E-state index contributed by atoms with van der Waals surface area (Å²) in [5.41, 5.74) is 15.9. The summed E-state index contributed by atoms with van der Waals surface area (Å²) in [6, 6.07) is 24.6. The standard InChI is InChI=1S/C26H25N/c27-21-9-11-23-22-10-8-20(19-4-2-1-3-5-19)13-24(22)26(25(23)14-21)15-17-6-7-18(12-17)16-26/h1-5,8-11,13-14,17-18H,6-7,12,15-16,27H2. The van der Waals surface area contributed by atoms with Crippen LogP contribution in [0.25, 0.3) is 22.3 Å². The van der Waals surface area contributed by atoms with Gasteiger partial charge in [-0.25, -0.2) is 0 Å². The molecule has 2 atom stereocenters. The van der Waals surface area contributed by atoms with Crippen molar-refractivity contribution in [2.45, 2.75) is 37.5 Å². The zero-order valence-corrected chi connectivity index (χ0v) is 15.6. The molecule has 0 heterocycles. The molecule has 6 rings (SSSR count). The van der Waals surface area contributed by atoms with Gasteiger partial charge < -0.3 is 5.73 Å². The maximum atomic E-state index is 6.26. The lowest BCUT2D eigenvalue weighted by atomic mass is 9.63. The topological polar surface area (TPSA) is 26.0 Å². The third kappa shape index (κ3) is 2.18. The second-order valence-electron chi connectivity index (χ2n) is 8.97. The molecule has 1 spiro atoms. The number of hydrogen-bond acceptors (Lipinski definition) is 1. The van der Waals surface area contributed by atoms with Gasteiger partial charge in [0.15, 0.2) is 0 Å². The van der Waals surface area contributed by atoms with E-state index in [-0.39, 0.29) is 5.41 Å². The van der Waals surface area contributed by atoms with E-state index in [9.17, 15) is 0 Å². The van der Waals surface area contributed by atoms with Gasteiger partial charge in [-0.2, -0.15) is 0 Å². The molecule has 2 saturated carbocycles. The molecular weight excluding hydrogens is 326 g/mol. The number of rotatable bonds is 1. The molecular formula is C26H25N. The first-order valence-electron chi connectivity index (χ1n) is 10.3. The zero-order valence-electron chi connectivity index (χ0n) is 15.6. The van der Waals surface area contributed by atoms with E-state index in [0.717, 1.165) is 17.5 Å². The molecule has 0 aliphatic heterocycles. The summed E-state index contributed by atoms with van der Waals surface area (Å²) in [6.45, 7) is 0. The van der Waals surface area contributed by atoms with Crippen molar-refractivity contribution in [2.24, 2.45) is 11.8 Å². The molecule has 2 unspecified atom stereocenters. The van der Waals surface area contributed by atoms with Gasteiger partial charge in [-0.3, -0.25) is 0 Å². The van der Waals surface area contributed by atoms with Gasteiger partial charge in [0, 0.05) is 11.1 Å². The Balaban J connectivity index is 1.59. The minimum absolute atomic E-state index is 0.176. The summed E-state index contributed by atoms with van der Waals surface area (Å²) < 4.78 is 0. The van der Waals surface area contributed by atoms with E-state index in [0.29, 0.717) is 0 Å². The zero-order chi connectivity index (χ0) is 18.0. The molecule has 3 aliphatic carbocycles. The molecule has 134 valence electrons. The van der Waals surface area contributed by atoms with E-state index in [2.05, 4.69) is 66.7 Å². The minimum atomic E-state index is 0.176. The van der Waals surface area contributed by atoms with Crippen molar-refractivity contribution in [1.29, 1.82) is 0 Å². The molecule has 0 saturated heterocycles. The van der Waals surface area contributed by atoms with Crippen LogP contribution in [0.1, 0.15) is 43.2 Å². The highest BCUT2D eigenvalue weighted by atomic mass is 14.6.